The van der Waals surface area contributed by atoms with Crippen LogP contribution in [0.3, 0.4) is 0 Å². The fourth-order valence-electron chi connectivity index (χ4n) is 1.86. The number of para-hydroxylation sites is 1. The molecular formula is C12H17N3O. The van der Waals surface area contributed by atoms with Crippen LogP contribution in [-0.2, 0) is 6.54 Å². The number of nitrogen functional groups attached to an aromatic ring is 1. The summed E-state index contributed by atoms with van der Waals surface area (Å²) in [5.74, 6) is 1.85. The summed E-state index contributed by atoms with van der Waals surface area (Å²) in [6.07, 6.45) is 0. The third-order valence-electron chi connectivity index (χ3n) is 2.54. The summed E-state index contributed by atoms with van der Waals surface area (Å²) in [4.78, 5) is 4.35. The van der Waals surface area contributed by atoms with Crippen LogP contribution in [0.25, 0.3) is 11.0 Å². The number of nitrogens with zero attached hydrogens (tertiary/aromatic N) is 2. The van der Waals surface area contributed by atoms with Crippen LogP contribution in [0.4, 0.5) is 5.95 Å². The number of ether oxygens (including phenoxy) is 1. The molecule has 0 radical (unpaired) electrons. The maximum atomic E-state index is 5.92. The summed E-state index contributed by atoms with van der Waals surface area (Å²) < 4.78 is 7.30. The van der Waals surface area contributed by atoms with E-state index < -0.39 is 0 Å². The number of anilines is 1. The van der Waals surface area contributed by atoms with Crippen LogP contribution in [0.1, 0.15) is 13.8 Å². The van der Waals surface area contributed by atoms with Crippen molar-refractivity contribution in [1.29, 1.82) is 0 Å². The van der Waals surface area contributed by atoms with Gasteiger partial charge in [0.1, 0.15) is 11.3 Å². The summed E-state index contributed by atoms with van der Waals surface area (Å²) >= 11 is 0. The van der Waals surface area contributed by atoms with E-state index in [0.717, 1.165) is 23.3 Å². The van der Waals surface area contributed by atoms with E-state index in [0.29, 0.717) is 11.9 Å². The molecule has 0 saturated heterocycles. The number of methoxy groups -OCH3 is 1. The average Bonchev–Trinajstić information content (AvgIpc) is 2.55. The second kappa shape index (κ2) is 4.04. The molecule has 16 heavy (non-hydrogen) atoms. The molecule has 0 aliphatic carbocycles. The Labute approximate surface area is 95.0 Å². The number of hydrogen-bond donors (Lipinski definition) is 1. The van der Waals surface area contributed by atoms with Crippen molar-refractivity contribution in [3.63, 3.8) is 0 Å². The quantitative estimate of drug-likeness (QED) is 0.861. The number of aromatic nitrogens is 2. The van der Waals surface area contributed by atoms with Gasteiger partial charge in [0.05, 0.1) is 12.6 Å². The Morgan fingerprint density at radius 3 is 2.81 bits per heavy atom. The van der Waals surface area contributed by atoms with E-state index in [-0.39, 0.29) is 0 Å². The van der Waals surface area contributed by atoms with Crippen molar-refractivity contribution in [3.05, 3.63) is 18.2 Å². The van der Waals surface area contributed by atoms with Gasteiger partial charge in [-0.2, -0.15) is 0 Å². The summed E-state index contributed by atoms with van der Waals surface area (Å²) in [6, 6.07) is 5.87. The van der Waals surface area contributed by atoms with Gasteiger partial charge in [0.25, 0.3) is 0 Å². The fraction of sp³-hybridized carbons (Fsp3) is 0.417. The van der Waals surface area contributed by atoms with Gasteiger partial charge in [-0.15, -0.1) is 0 Å². The Kier molecular flexibility index (Phi) is 2.73. The van der Waals surface area contributed by atoms with E-state index in [1.807, 2.05) is 22.8 Å². The minimum Gasteiger partial charge on any atom is -0.494 e. The third-order valence-corrected chi connectivity index (χ3v) is 2.54. The molecule has 2 N–H and O–H groups in total. The summed E-state index contributed by atoms with van der Waals surface area (Å²) in [6.45, 7) is 5.19. The molecule has 86 valence electrons. The van der Waals surface area contributed by atoms with Crippen molar-refractivity contribution < 1.29 is 4.74 Å². The lowest BCUT2D eigenvalue weighted by Crippen LogP contribution is -2.07. The predicted octanol–water partition coefficient (Wildman–Crippen LogP) is 2.28. The Morgan fingerprint density at radius 1 is 1.44 bits per heavy atom. The molecule has 0 spiro atoms. The van der Waals surface area contributed by atoms with E-state index in [2.05, 4.69) is 18.8 Å². The van der Waals surface area contributed by atoms with Crippen LogP contribution in [0.15, 0.2) is 18.2 Å². The highest BCUT2D eigenvalue weighted by Gasteiger charge is 2.12. The van der Waals surface area contributed by atoms with Gasteiger partial charge in [-0.05, 0) is 18.1 Å². The molecule has 1 aromatic carbocycles. The van der Waals surface area contributed by atoms with Crippen molar-refractivity contribution in [1.82, 2.24) is 9.55 Å². The Morgan fingerprint density at radius 2 is 2.19 bits per heavy atom. The number of nitrogens with two attached hydrogens (primary N) is 1. The van der Waals surface area contributed by atoms with Crippen molar-refractivity contribution in [2.45, 2.75) is 20.4 Å². The van der Waals surface area contributed by atoms with Crippen LogP contribution in [-0.4, -0.2) is 16.7 Å². The molecule has 0 saturated carbocycles. The molecule has 0 fully saturated rings. The second-order valence-electron chi connectivity index (χ2n) is 4.30. The molecular weight excluding hydrogens is 202 g/mol. The van der Waals surface area contributed by atoms with E-state index >= 15 is 0 Å². The van der Waals surface area contributed by atoms with Gasteiger partial charge in [-0.3, -0.25) is 0 Å². The van der Waals surface area contributed by atoms with Crippen molar-refractivity contribution in [2.75, 3.05) is 12.8 Å². The van der Waals surface area contributed by atoms with E-state index in [9.17, 15) is 0 Å². The topological polar surface area (TPSA) is 53.1 Å². The molecule has 0 unspecified atom stereocenters. The lowest BCUT2D eigenvalue weighted by Gasteiger charge is -2.09. The highest BCUT2D eigenvalue weighted by molar-refractivity contribution is 5.84. The van der Waals surface area contributed by atoms with Gasteiger partial charge >= 0.3 is 0 Å². The summed E-state index contributed by atoms with van der Waals surface area (Å²) in [5, 5.41) is 0. The molecule has 0 bridgehead atoms. The Hall–Kier alpha value is -1.71. The third kappa shape index (κ3) is 1.71. The number of imidazole rings is 1. The summed E-state index contributed by atoms with van der Waals surface area (Å²) in [5.41, 5.74) is 7.79. The number of rotatable bonds is 3. The molecule has 2 aromatic rings. The molecule has 1 aromatic heterocycles. The zero-order chi connectivity index (χ0) is 11.7. The van der Waals surface area contributed by atoms with Crippen LogP contribution in [0, 0.1) is 5.92 Å². The summed E-state index contributed by atoms with van der Waals surface area (Å²) in [7, 11) is 1.65. The molecule has 4 heteroatoms. The zero-order valence-corrected chi connectivity index (χ0v) is 9.90. The minimum atomic E-state index is 0.533. The normalized spacial score (nSPS) is 11.2. The molecule has 0 atom stereocenters. The van der Waals surface area contributed by atoms with Crippen LogP contribution in [0.5, 0.6) is 5.75 Å². The fourth-order valence-corrected chi connectivity index (χ4v) is 1.86. The van der Waals surface area contributed by atoms with Crippen molar-refractivity contribution in [3.8, 4) is 5.75 Å². The highest BCUT2D eigenvalue weighted by atomic mass is 16.5. The van der Waals surface area contributed by atoms with Crippen molar-refractivity contribution >= 4 is 17.0 Å². The molecule has 0 amide bonds. The highest BCUT2D eigenvalue weighted by Crippen LogP contribution is 2.27. The molecule has 0 aliphatic heterocycles. The maximum absolute atomic E-state index is 5.92. The van der Waals surface area contributed by atoms with Crippen LogP contribution >= 0.6 is 0 Å². The van der Waals surface area contributed by atoms with Crippen LogP contribution in [0.2, 0.25) is 0 Å². The first-order chi connectivity index (χ1) is 7.63. The zero-order valence-electron chi connectivity index (χ0n) is 9.90. The first-order valence-electron chi connectivity index (χ1n) is 5.42. The van der Waals surface area contributed by atoms with Gasteiger partial charge in [0, 0.05) is 6.54 Å². The lowest BCUT2D eigenvalue weighted by molar-refractivity contribution is 0.419. The largest absolute Gasteiger partial charge is 0.494 e. The first kappa shape index (κ1) is 10.8. The predicted molar refractivity (Wildman–Crippen MR) is 65.5 cm³/mol. The van der Waals surface area contributed by atoms with Gasteiger partial charge < -0.3 is 15.0 Å². The number of fused-ring (bicyclic) bond motifs is 1. The van der Waals surface area contributed by atoms with Crippen LogP contribution < -0.4 is 10.5 Å². The van der Waals surface area contributed by atoms with E-state index in [1.54, 1.807) is 7.11 Å². The molecule has 0 aliphatic rings. The van der Waals surface area contributed by atoms with Gasteiger partial charge in [0.15, 0.2) is 0 Å². The van der Waals surface area contributed by atoms with Gasteiger partial charge in [-0.1, -0.05) is 19.9 Å². The number of hydrogen-bond acceptors (Lipinski definition) is 3. The minimum absolute atomic E-state index is 0.533. The molecule has 2 rings (SSSR count). The molecule has 4 nitrogen and oxygen atoms in total. The van der Waals surface area contributed by atoms with E-state index in [1.165, 1.54) is 0 Å². The SMILES string of the molecule is COc1cccc2c1nc(N)n2CC(C)C. The Balaban J connectivity index is 2.61. The first-order valence-corrected chi connectivity index (χ1v) is 5.42. The monoisotopic (exact) mass is 219 g/mol. The Bertz CT molecular complexity index is 502. The van der Waals surface area contributed by atoms with Gasteiger partial charge in [0.2, 0.25) is 5.95 Å². The molecule has 1 heterocycles. The van der Waals surface area contributed by atoms with Crippen molar-refractivity contribution in [2.24, 2.45) is 5.92 Å². The average molecular weight is 219 g/mol. The smallest absolute Gasteiger partial charge is 0.201 e. The maximum Gasteiger partial charge on any atom is 0.201 e. The van der Waals surface area contributed by atoms with E-state index in [4.69, 9.17) is 10.5 Å². The second-order valence-corrected chi connectivity index (χ2v) is 4.30. The van der Waals surface area contributed by atoms with Gasteiger partial charge in [-0.25, -0.2) is 4.98 Å². The standard InChI is InChI=1S/C12H17N3O/c1-8(2)7-15-9-5-4-6-10(16-3)11(9)14-12(15)13/h4-6,8H,7H2,1-3H3,(H2,13,14). The lowest BCUT2D eigenvalue weighted by atomic mass is 10.2. The number of benzene rings is 1.